The molecule has 0 aromatic heterocycles. The molecule has 0 aliphatic carbocycles. The van der Waals surface area contributed by atoms with Gasteiger partial charge in [-0.25, -0.2) is 0 Å². The van der Waals surface area contributed by atoms with E-state index in [1.165, 1.54) is 0 Å². The first kappa shape index (κ1) is 6.33. The van der Waals surface area contributed by atoms with E-state index < -0.39 is 0 Å². The minimum Gasteiger partial charge on any atom is -0.380 e. The van der Waals surface area contributed by atoms with Gasteiger partial charge in [-0.15, -0.1) is 0 Å². The van der Waals surface area contributed by atoms with E-state index in [0.717, 1.165) is 13.0 Å². The predicted molar refractivity (Wildman–Crippen MR) is 36.0 cm³/mol. The van der Waals surface area contributed by atoms with Gasteiger partial charge < -0.3 is 4.90 Å². The molecule has 1 aliphatic heterocycles. The summed E-state index contributed by atoms with van der Waals surface area (Å²) in [5.41, 5.74) is 0. The van der Waals surface area contributed by atoms with Gasteiger partial charge in [-0.3, -0.25) is 4.79 Å². The van der Waals surface area contributed by atoms with E-state index in [1.54, 1.807) is 6.08 Å². The Morgan fingerprint density at radius 3 is 3.22 bits per heavy atom. The second-order valence-corrected chi connectivity index (χ2v) is 2.37. The largest absolute Gasteiger partial charge is 0.380 e. The maximum Gasteiger partial charge on any atom is 0.157 e. The first-order valence-corrected chi connectivity index (χ1v) is 3.20. The second kappa shape index (κ2) is 2.67. The summed E-state index contributed by atoms with van der Waals surface area (Å²) in [6, 6.07) is 0. The molecule has 0 atom stereocenters. The van der Waals surface area contributed by atoms with E-state index in [-0.39, 0.29) is 5.78 Å². The van der Waals surface area contributed by atoms with E-state index in [4.69, 9.17) is 0 Å². The summed E-state index contributed by atoms with van der Waals surface area (Å²) in [4.78, 5) is 12.7. The molecule has 2 heteroatoms. The Morgan fingerprint density at radius 1 is 1.67 bits per heavy atom. The zero-order valence-electron chi connectivity index (χ0n) is 5.63. The maximum absolute atomic E-state index is 10.7. The Labute approximate surface area is 55.2 Å². The van der Waals surface area contributed by atoms with Crippen LogP contribution >= 0.6 is 0 Å². The Hall–Kier alpha value is -0.790. The minimum absolute atomic E-state index is 0.249. The maximum atomic E-state index is 10.7. The lowest BCUT2D eigenvalue weighted by Gasteiger charge is -2.08. The van der Waals surface area contributed by atoms with Crippen LogP contribution in [0, 0.1) is 0 Å². The molecule has 2 nitrogen and oxygen atoms in total. The SMILES string of the molecule is CN1C=CC(=O)CCC1. The van der Waals surface area contributed by atoms with Crippen LogP contribution in [0.15, 0.2) is 12.3 Å². The molecule has 0 unspecified atom stereocenters. The van der Waals surface area contributed by atoms with E-state index >= 15 is 0 Å². The van der Waals surface area contributed by atoms with Gasteiger partial charge in [-0.2, -0.15) is 0 Å². The molecular formula is C7H11NO. The van der Waals surface area contributed by atoms with Crippen molar-refractivity contribution in [3.05, 3.63) is 12.3 Å². The average Bonchev–Trinajstić information content (AvgIpc) is 1.97. The summed E-state index contributed by atoms with van der Waals surface area (Å²) in [5.74, 6) is 0.249. The van der Waals surface area contributed by atoms with Gasteiger partial charge in [-0.05, 0) is 12.5 Å². The van der Waals surface area contributed by atoms with Gasteiger partial charge >= 0.3 is 0 Å². The lowest BCUT2D eigenvalue weighted by atomic mass is 10.2. The number of ketones is 1. The third-order valence-electron chi connectivity index (χ3n) is 1.45. The predicted octanol–water partition coefficient (Wildman–Crippen LogP) is 0.795. The van der Waals surface area contributed by atoms with Gasteiger partial charge in [0.1, 0.15) is 0 Å². The van der Waals surface area contributed by atoms with Crippen molar-refractivity contribution >= 4 is 5.78 Å². The van der Waals surface area contributed by atoms with E-state index in [1.807, 2.05) is 18.1 Å². The van der Waals surface area contributed by atoms with Crippen LogP contribution in [0.2, 0.25) is 0 Å². The van der Waals surface area contributed by atoms with Crippen molar-refractivity contribution in [1.82, 2.24) is 4.90 Å². The summed E-state index contributed by atoms with van der Waals surface area (Å²) in [6.45, 7) is 1.00. The molecule has 50 valence electrons. The molecule has 1 heterocycles. The molecule has 0 aromatic carbocycles. The summed E-state index contributed by atoms with van der Waals surface area (Å²) in [6.07, 6.45) is 5.19. The normalized spacial score (nSPS) is 20.1. The smallest absolute Gasteiger partial charge is 0.157 e. The molecule has 1 aliphatic rings. The van der Waals surface area contributed by atoms with Crippen LogP contribution in [-0.4, -0.2) is 24.3 Å². The van der Waals surface area contributed by atoms with Crippen LogP contribution in [-0.2, 0) is 4.79 Å². The minimum atomic E-state index is 0.249. The number of rotatable bonds is 0. The monoisotopic (exact) mass is 125 g/mol. The van der Waals surface area contributed by atoms with Gasteiger partial charge in [0.05, 0.1) is 0 Å². The van der Waals surface area contributed by atoms with Crippen molar-refractivity contribution in [2.75, 3.05) is 13.6 Å². The summed E-state index contributed by atoms with van der Waals surface area (Å²) in [5, 5.41) is 0. The molecule has 0 bridgehead atoms. The Kier molecular flexibility index (Phi) is 1.88. The van der Waals surface area contributed by atoms with Gasteiger partial charge in [0.15, 0.2) is 5.78 Å². The number of nitrogens with zero attached hydrogens (tertiary/aromatic N) is 1. The van der Waals surface area contributed by atoms with Crippen molar-refractivity contribution < 1.29 is 4.79 Å². The Morgan fingerprint density at radius 2 is 2.44 bits per heavy atom. The number of hydrogen-bond acceptors (Lipinski definition) is 2. The molecule has 0 saturated heterocycles. The van der Waals surface area contributed by atoms with Gasteiger partial charge in [0, 0.05) is 26.2 Å². The van der Waals surface area contributed by atoms with Crippen molar-refractivity contribution in [2.45, 2.75) is 12.8 Å². The molecule has 0 saturated carbocycles. The van der Waals surface area contributed by atoms with Crippen molar-refractivity contribution in [1.29, 1.82) is 0 Å². The second-order valence-electron chi connectivity index (χ2n) is 2.37. The zero-order valence-corrected chi connectivity index (χ0v) is 5.63. The number of carbonyl (C=O) groups is 1. The van der Waals surface area contributed by atoms with Crippen molar-refractivity contribution in [3.63, 3.8) is 0 Å². The number of allylic oxidation sites excluding steroid dienone is 1. The molecule has 0 spiro atoms. The highest BCUT2D eigenvalue weighted by Crippen LogP contribution is 2.00. The summed E-state index contributed by atoms with van der Waals surface area (Å²) < 4.78 is 0. The van der Waals surface area contributed by atoms with E-state index in [2.05, 4.69) is 0 Å². The third kappa shape index (κ3) is 1.88. The first-order chi connectivity index (χ1) is 4.29. The standard InChI is InChI=1S/C7H11NO/c1-8-5-2-3-7(9)4-6-8/h4,6H,2-3,5H2,1H3. The highest BCUT2D eigenvalue weighted by atomic mass is 16.1. The molecule has 9 heavy (non-hydrogen) atoms. The highest BCUT2D eigenvalue weighted by Gasteiger charge is 2.02. The molecule has 0 N–H and O–H groups in total. The summed E-state index contributed by atoms with van der Waals surface area (Å²) in [7, 11) is 1.98. The Bertz CT molecular complexity index is 140. The van der Waals surface area contributed by atoms with Crippen LogP contribution in [0.3, 0.4) is 0 Å². The van der Waals surface area contributed by atoms with Crippen LogP contribution in [0.5, 0.6) is 0 Å². The van der Waals surface area contributed by atoms with Crippen molar-refractivity contribution in [3.8, 4) is 0 Å². The van der Waals surface area contributed by atoms with Gasteiger partial charge in [0.25, 0.3) is 0 Å². The lowest BCUT2D eigenvalue weighted by Crippen LogP contribution is -2.09. The quantitative estimate of drug-likeness (QED) is 0.477. The third-order valence-corrected chi connectivity index (χ3v) is 1.45. The molecule has 0 aromatic rings. The van der Waals surface area contributed by atoms with Crippen LogP contribution < -0.4 is 0 Å². The average molecular weight is 125 g/mol. The molecule has 0 amide bonds. The van der Waals surface area contributed by atoms with E-state index in [0.29, 0.717) is 6.42 Å². The molecule has 0 fully saturated rings. The number of carbonyl (C=O) groups excluding carboxylic acids is 1. The molecule has 0 radical (unpaired) electrons. The fraction of sp³-hybridized carbons (Fsp3) is 0.571. The van der Waals surface area contributed by atoms with Crippen LogP contribution in [0.4, 0.5) is 0 Å². The topological polar surface area (TPSA) is 20.3 Å². The fourth-order valence-corrected chi connectivity index (χ4v) is 0.871. The van der Waals surface area contributed by atoms with Crippen LogP contribution in [0.1, 0.15) is 12.8 Å². The van der Waals surface area contributed by atoms with E-state index in [9.17, 15) is 4.79 Å². The van der Waals surface area contributed by atoms with Crippen molar-refractivity contribution in [2.24, 2.45) is 0 Å². The lowest BCUT2D eigenvalue weighted by molar-refractivity contribution is -0.114. The number of hydrogen-bond donors (Lipinski definition) is 0. The van der Waals surface area contributed by atoms with Crippen LogP contribution in [0.25, 0.3) is 0 Å². The van der Waals surface area contributed by atoms with Gasteiger partial charge in [-0.1, -0.05) is 0 Å². The Balaban J connectivity index is 2.52. The van der Waals surface area contributed by atoms with Gasteiger partial charge in [0.2, 0.25) is 0 Å². The molecule has 1 rings (SSSR count). The summed E-state index contributed by atoms with van der Waals surface area (Å²) >= 11 is 0. The highest BCUT2D eigenvalue weighted by molar-refractivity contribution is 5.89. The first-order valence-electron chi connectivity index (χ1n) is 3.20. The fourth-order valence-electron chi connectivity index (χ4n) is 0.871. The molecular weight excluding hydrogens is 114 g/mol. The zero-order chi connectivity index (χ0) is 6.69.